The molecule has 164 valence electrons. The number of aliphatic hydroxyl groups is 1. The van der Waals surface area contributed by atoms with E-state index in [2.05, 4.69) is 47.6 Å². The molecule has 29 heavy (non-hydrogen) atoms. The van der Waals surface area contributed by atoms with Gasteiger partial charge in [0.15, 0.2) is 0 Å². The summed E-state index contributed by atoms with van der Waals surface area (Å²) in [7, 11) is 0. The second-order valence-corrected chi connectivity index (χ2v) is 12.1. The standard InChI is InChI=1S/C28H46O/c1-18(2)8-7-9-19(3)22-12-13-24-21-10-11-23-20(4)26(29)15-17-28(23,6)25(21)14-16-27(22,24)5/h8,19-20,22-24,26,29H,7,9-17H2,1-6H3/t19?,20-,22+,23-,24-,26-,27+,28-/m0/s1. The first-order valence-corrected chi connectivity index (χ1v) is 12.7. The summed E-state index contributed by atoms with van der Waals surface area (Å²) in [6.45, 7) is 14.6. The minimum Gasteiger partial charge on any atom is -0.393 e. The molecule has 2 saturated carbocycles. The van der Waals surface area contributed by atoms with Crippen molar-refractivity contribution in [2.75, 3.05) is 0 Å². The van der Waals surface area contributed by atoms with Gasteiger partial charge in [-0.1, -0.05) is 50.5 Å². The summed E-state index contributed by atoms with van der Waals surface area (Å²) in [5.74, 6) is 3.78. The largest absolute Gasteiger partial charge is 0.393 e. The van der Waals surface area contributed by atoms with Gasteiger partial charge in [-0.2, -0.15) is 0 Å². The molecular weight excluding hydrogens is 352 g/mol. The molecule has 0 aromatic rings. The van der Waals surface area contributed by atoms with Crippen LogP contribution in [0.2, 0.25) is 0 Å². The van der Waals surface area contributed by atoms with Gasteiger partial charge in [-0.25, -0.2) is 0 Å². The highest BCUT2D eigenvalue weighted by Gasteiger charge is 2.56. The highest BCUT2D eigenvalue weighted by molar-refractivity contribution is 5.34. The van der Waals surface area contributed by atoms with Gasteiger partial charge in [-0.3, -0.25) is 0 Å². The molecule has 4 rings (SSSR count). The number of allylic oxidation sites excluding steroid dienone is 4. The molecule has 0 bridgehead atoms. The first kappa shape index (κ1) is 21.7. The Morgan fingerprint density at radius 1 is 1.10 bits per heavy atom. The maximum absolute atomic E-state index is 10.5. The summed E-state index contributed by atoms with van der Waals surface area (Å²) in [5, 5.41) is 10.5. The molecule has 1 heteroatoms. The third-order valence-electron chi connectivity index (χ3n) is 10.4. The predicted molar refractivity (Wildman–Crippen MR) is 124 cm³/mol. The molecule has 1 unspecified atom stereocenters. The Bertz CT molecular complexity index is 682. The maximum Gasteiger partial charge on any atom is 0.0569 e. The van der Waals surface area contributed by atoms with Crippen molar-refractivity contribution in [1.82, 2.24) is 0 Å². The van der Waals surface area contributed by atoms with Gasteiger partial charge in [0.2, 0.25) is 0 Å². The molecule has 0 radical (unpaired) electrons. The van der Waals surface area contributed by atoms with E-state index in [9.17, 15) is 5.11 Å². The lowest BCUT2D eigenvalue weighted by Gasteiger charge is -2.56. The molecule has 2 fully saturated rings. The summed E-state index contributed by atoms with van der Waals surface area (Å²) in [4.78, 5) is 0. The molecule has 0 aromatic heterocycles. The van der Waals surface area contributed by atoms with Crippen LogP contribution < -0.4 is 0 Å². The van der Waals surface area contributed by atoms with Gasteiger partial charge in [-0.05, 0) is 118 Å². The lowest BCUT2D eigenvalue weighted by Crippen LogP contribution is -2.49. The molecule has 0 aliphatic heterocycles. The zero-order valence-electron chi connectivity index (χ0n) is 20.1. The summed E-state index contributed by atoms with van der Waals surface area (Å²) in [6.07, 6.45) is 15.5. The van der Waals surface area contributed by atoms with Crippen molar-refractivity contribution in [3.8, 4) is 0 Å². The van der Waals surface area contributed by atoms with E-state index in [1.807, 2.05) is 11.1 Å². The molecule has 1 nitrogen and oxygen atoms in total. The third-order valence-corrected chi connectivity index (χ3v) is 10.4. The van der Waals surface area contributed by atoms with Crippen LogP contribution in [0.25, 0.3) is 0 Å². The molecule has 0 heterocycles. The fourth-order valence-corrected chi connectivity index (χ4v) is 8.72. The smallest absolute Gasteiger partial charge is 0.0569 e. The Morgan fingerprint density at radius 3 is 2.59 bits per heavy atom. The predicted octanol–water partition coefficient (Wildman–Crippen LogP) is 7.70. The average molecular weight is 399 g/mol. The fraction of sp³-hybridized carbons (Fsp3) is 0.857. The third kappa shape index (κ3) is 3.48. The highest BCUT2D eigenvalue weighted by atomic mass is 16.3. The van der Waals surface area contributed by atoms with Gasteiger partial charge in [-0.15, -0.1) is 0 Å². The first-order chi connectivity index (χ1) is 13.7. The van der Waals surface area contributed by atoms with Crippen molar-refractivity contribution < 1.29 is 5.11 Å². The molecule has 4 aliphatic rings. The molecule has 0 amide bonds. The van der Waals surface area contributed by atoms with E-state index in [0.29, 0.717) is 22.7 Å². The van der Waals surface area contributed by atoms with Crippen molar-refractivity contribution in [3.63, 3.8) is 0 Å². The number of fused-ring (bicyclic) bond motifs is 4. The zero-order chi connectivity index (χ0) is 21.0. The van der Waals surface area contributed by atoms with Gasteiger partial charge in [0.05, 0.1) is 6.10 Å². The van der Waals surface area contributed by atoms with Crippen LogP contribution in [-0.4, -0.2) is 11.2 Å². The van der Waals surface area contributed by atoms with Gasteiger partial charge in [0, 0.05) is 0 Å². The number of aliphatic hydroxyl groups excluding tert-OH is 1. The molecule has 4 aliphatic carbocycles. The average Bonchev–Trinajstić information content (AvgIpc) is 3.02. The van der Waals surface area contributed by atoms with Crippen molar-refractivity contribution in [2.45, 2.75) is 112 Å². The SMILES string of the molecule is CC(C)=CCCC(C)[C@H]1CC[C@H]2C3=C(CC[C@]12C)[C@@]1(C)CC[C@H](O)[C@@H](C)[C@@H]1CC3. The monoisotopic (exact) mass is 398 g/mol. The van der Waals surface area contributed by atoms with Crippen molar-refractivity contribution in [1.29, 1.82) is 0 Å². The van der Waals surface area contributed by atoms with Gasteiger partial charge >= 0.3 is 0 Å². The second kappa shape index (κ2) is 7.85. The van der Waals surface area contributed by atoms with Crippen LogP contribution in [0.3, 0.4) is 0 Å². The summed E-state index contributed by atoms with van der Waals surface area (Å²) in [6, 6.07) is 0. The van der Waals surface area contributed by atoms with Crippen LogP contribution in [0, 0.1) is 40.4 Å². The first-order valence-electron chi connectivity index (χ1n) is 12.7. The molecule has 0 saturated heterocycles. The van der Waals surface area contributed by atoms with Crippen LogP contribution >= 0.6 is 0 Å². The van der Waals surface area contributed by atoms with Crippen LogP contribution in [-0.2, 0) is 0 Å². The Labute approximate surface area is 180 Å². The normalized spacial score (nSPS) is 45.3. The second-order valence-electron chi connectivity index (χ2n) is 12.1. The van der Waals surface area contributed by atoms with Crippen molar-refractivity contribution >= 4 is 0 Å². The van der Waals surface area contributed by atoms with Crippen LogP contribution in [0.1, 0.15) is 106 Å². The van der Waals surface area contributed by atoms with Crippen molar-refractivity contribution in [2.24, 2.45) is 40.4 Å². The lowest BCUT2D eigenvalue weighted by atomic mass is 9.49. The van der Waals surface area contributed by atoms with E-state index < -0.39 is 0 Å². The molecule has 0 spiro atoms. The molecule has 8 atom stereocenters. The van der Waals surface area contributed by atoms with Crippen LogP contribution in [0.4, 0.5) is 0 Å². The minimum absolute atomic E-state index is 0.0680. The Morgan fingerprint density at radius 2 is 1.86 bits per heavy atom. The van der Waals surface area contributed by atoms with E-state index in [1.165, 1.54) is 63.4 Å². The number of rotatable bonds is 4. The van der Waals surface area contributed by atoms with E-state index in [-0.39, 0.29) is 6.10 Å². The van der Waals surface area contributed by atoms with Gasteiger partial charge in [0.25, 0.3) is 0 Å². The van der Waals surface area contributed by atoms with Crippen LogP contribution in [0.15, 0.2) is 22.8 Å². The summed E-state index contributed by atoms with van der Waals surface area (Å²) >= 11 is 0. The Balaban J connectivity index is 1.57. The molecular formula is C28H46O. The fourth-order valence-electron chi connectivity index (χ4n) is 8.72. The van der Waals surface area contributed by atoms with Crippen molar-refractivity contribution in [3.05, 3.63) is 22.8 Å². The van der Waals surface area contributed by atoms with E-state index in [1.54, 1.807) is 0 Å². The van der Waals surface area contributed by atoms with E-state index >= 15 is 0 Å². The topological polar surface area (TPSA) is 20.2 Å². The Kier molecular flexibility index (Phi) is 5.86. The zero-order valence-corrected chi connectivity index (χ0v) is 20.1. The summed E-state index contributed by atoms with van der Waals surface area (Å²) in [5.41, 5.74) is 6.15. The Hall–Kier alpha value is -0.560. The van der Waals surface area contributed by atoms with Crippen LogP contribution in [0.5, 0.6) is 0 Å². The molecule has 1 N–H and O–H groups in total. The lowest BCUT2D eigenvalue weighted by molar-refractivity contribution is -0.0336. The number of hydrogen-bond acceptors (Lipinski definition) is 1. The maximum atomic E-state index is 10.5. The summed E-state index contributed by atoms with van der Waals surface area (Å²) < 4.78 is 0. The van der Waals surface area contributed by atoms with E-state index in [0.717, 1.165) is 24.2 Å². The van der Waals surface area contributed by atoms with Gasteiger partial charge < -0.3 is 5.11 Å². The van der Waals surface area contributed by atoms with E-state index in [4.69, 9.17) is 0 Å². The molecule has 0 aromatic carbocycles. The van der Waals surface area contributed by atoms with Gasteiger partial charge in [0.1, 0.15) is 0 Å². The number of hydrogen-bond donors (Lipinski definition) is 1. The minimum atomic E-state index is -0.0680. The highest BCUT2D eigenvalue weighted by Crippen LogP contribution is 2.66. The quantitative estimate of drug-likeness (QED) is 0.481.